The van der Waals surface area contributed by atoms with Crippen molar-refractivity contribution in [2.75, 3.05) is 19.5 Å². The normalized spacial score (nSPS) is 12.2. The summed E-state index contributed by atoms with van der Waals surface area (Å²) in [5.41, 5.74) is 4.49. The van der Waals surface area contributed by atoms with Crippen LogP contribution in [0, 0.1) is 0 Å². The first kappa shape index (κ1) is 19.8. The largest absolute Gasteiger partial charge is 0.497 e. The number of para-hydroxylation sites is 3. The van der Waals surface area contributed by atoms with Gasteiger partial charge in [-0.25, -0.2) is 9.97 Å². The maximum Gasteiger partial charge on any atom is 0.247 e. The van der Waals surface area contributed by atoms with E-state index in [0.717, 1.165) is 27.5 Å². The molecule has 7 heteroatoms. The number of ether oxygens (including phenoxy) is 2. The van der Waals surface area contributed by atoms with E-state index >= 15 is 0 Å². The van der Waals surface area contributed by atoms with Crippen molar-refractivity contribution in [1.82, 2.24) is 14.5 Å². The van der Waals surface area contributed by atoms with Gasteiger partial charge in [-0.3, -0.25) is 4.79 Å². The molecule has 0 bridgehead atoms. The smallest absolute Gasteiger partial charge is 0.247 e. The van der Waals surface area contributed by atoms with E-state index in [1.807, 2.05) is 60.0 Å². The van der Waals surface area contributed by atoms with Crippen molar-refractivity contribution < 1.29 is 14.3 Å². The Hall–Kier alpha value is -4.13. The number of carbonyl (C=O) groups is 1. The van der Waals surface area contributed by atoms with E-state index in [2.05, 4.69) is 5.32 Å². The molecule has 1 N–H and O–H groups in total. The van der Waals surface area contributed by atoms with Crippen molar-refractivity contribution in [3.8, 4) is 11.5 Å². The number of hydrogen-bond acceptors (Lipinski definition) is 5. The van der Waals surface area contributed by atoms with Gasteiger partial charge in [0.25, 0.3) is 0 Å². The molecule has 0 fully saturated rings. The fraction of sp³-hybridized carbons (Fsp3) is 0.160. The first-order valence-electron chi connectivity index (χ1n) is 10.3. The van der Waals surface area contributed by atoms with Crippen molar-refractivity contribution in [3.63, 3.8) is 0 Å². The molecule has 0 aliphatic rings. The zero-order valence-corrected chi connectivity index (χ0v) is 18.0. The molecule has 5 rings (SSSR count). The minimum absolute atomic E-state index is 0.200. The highest BCUT2D eigenvalue weighted by Crippen LogP contribution is 2.33. The van der Waals surface area contributed by atoms with Crippen molar-refractivity contribution in [2.24, 2.45) is 0 Å². The lowest BCUT2D eigenvalue weighted by atomic mass is 10.2. The molecule has 0 spiro atoms. The Kier molecular flexibility index (Phi) is 4.86. The van der Waals surface area contributed by atoms with Gasteiger partial charge in [0.05, 0.1) is 36.5 Å². The number of nitrogens with zero attached hydrogens (tertiary/aromatic N) is 3. The van der Waals surface area contributed by atoms with E-state index in [1.54, 1.807) is 32.4 Å². The summed E-state index contributed by atoms with van der Waals surface area (Å²) in [4.78, 5) is 23.1. The summed E-state index contributed by atoms with van der Waals surface area (Å²) in [6.07, 6.45) is 0. The Morgan fingerprint density at radius 2 is 1.66 bits per heavy atom. The molecule has 1 atom stereocenters. The second-order valence-electron chi connectivity index (χ2n) is 7.50. The van der Waals surface area contributed by atoms with Gasteiger partial charge in [0.15, 0.2) is 5.65 Å². The SMILES string of the molecule is COc1ccc(OC)c(NC(=O)C(C)n2c3ccccc3c3nc4ccccc4nc32)c1. The first-order valence-corrected chi connectivity index (χ1v) is 10.3. The molecule has 1 amide bonds. The highest BCUT2D eigenvalue weighted by Gasteiger charge is 2.23. The number of fused-ring (bicyclic) bond motifs is 4. The summed E-state index contributed by atoms with van der Waals surface area (Å²) in [5.74, 6) is 0.983. The predicted octanol–water partition coefficient (Wildman–Crippen LogP) is 4.95. The van der Waals surface area contributed by atoms with Crippen molar-refractivity contribution in [1.29, 1.82) is 0 Å². The molecule has 2 heterocycles. The van der Waals surface area contributed by atoms with Crippen LogP contribution in [-0.2, 0) is 4.79 Å². The number of aromatic nitrogens is 3. The van der Waals surface area contributed by atoms with E-state index in [1.165, 1.54) is 0 Å². The van der Waals surface area contributed by atoms with Crippen LogP contribution in [0.4, 0.5) is 5.69 Å². The zero-order valence-electron chi connectivity index (χ0n) is 18.0. The number of nitrogens with one attached hydrogen (secondary N) is 1. The second-order valence-corrected chi connectivity index (χ2v) is 7.50. The minimum atomic E-state index is -0.552. The Labute approximate surface area is 184 Å². The fourth-order valence-corrected chi connectivity index (χ4v) is 4.00. The molecule has 0 radical (unpaired) electrons. The van der Waals surface area contributed by atoms with Crippen LogP contribution in [0.3, 0.4) is 0 Å². The number of amides is 1. The molecule has 0 saturated carbocycles. The average Bonchev–Trinajstić information content (AvgIpc) is 3.15. The first-order chi connectivity index (χ1) is 15.6. The number of benzene rings is 3. The summed E-state index contributed by atoms with van der Waals surface area (Å²) in [6.45, 7) is 1.85. The molecule has 1 unspecified atom stereocenters. The van der Waals surface area contributed by atoms with Crippen molar-refractivity contribution >= 4 is 44.7 Å². The summed E-state index contributed by atoms with van der Waals surface area (Å²) in [5, 5.41) is 3.94. The van der Waals surface area contributed by atoms with Crippen LogP contribution in [-0.4, -0.2) is 34.7 Å². The highest BCUT2D eigenvalue weighted by molar-refractivity contribution is 6.08. The lowest BCUT2D eigenvalue weighted by Gasteiger charge is -2.18. The van der Waals surface area contributed by atoms with Crippen LogP contribution in [0.2, 0.25) is 0 Å². The summed E-state index contributed by atoms with van der Waals surface area (Å²) < 4.78 is 12.6. The molecular weight excluding hydrogens is 404 g/mol. The topological polar surface area (TPSA) is 78.3 Å². The van der Waals surface area contributed by atoms with Gasteiger partial charge in [-0.15, -0.1) is 0 Å². The van der Waals surface area contributed by atoms with Gasteiger partial charge < -0.3 is 19.4 Å². The van der Waals surface area contributed by atoms with E-state index < -0.39 is 6.04 Å². The van der Waals surface area contributed by atoms with Crippen LogP contribution in [0.5, 0.6) is 11.5 Å². The van der Waals surface area contributed by atoms with E-state index in [-0.39, 0.29) is 5.91 Å². The van der Waals surface area contributed by atoms with E-state index in [4.69, 9.17) is 19.4 Å². The lowest BCUT2D eigenvalue weighted by molar-refractivity contribution is -0.118. The third kappa shape index (κ3) is 3.19. The van der Waals surface area contributed by atoms with E-state index in [9.17, 15) is 4.79 Å². The maximum atomic E-state index is 13.4. The second kappa shape index (κ2) is 7.85. The Morgan fingerprint density at radius 1 is 0.938 bits per heavy atom. The van der Waals surface area contributed by atoms with Crippen LogP contribution in [0.15, 0.2) is 66.7 Å². The molecule has 32 heavy (non-hydrogen) atoms. The molecule has 0 aliphatic heterocycles. The fourth-order valence-electron chi connectivity index (χ4n) is 4.00. The van der Waals surface area contributed by atoms with Crippen molar-refractivity contribution in [3.05, 3.63) is 66.7 Å². The Morgan fingerprint density at radius 3 is 2.41 bits per heavy atom. The molecule has 7 nitrogen and oxygen atoms in total. The van der Waals surface area contributed by atoms with Gasteiger partial charge in [0, 0.05) is 11.5 Å². The summed E-state index contributed by atoms with van der Waals surface area (Å²) >= 11 is 0. The van der Waals surface area contributed by atoms with Crippen molar-refractivity contribution in [2.45, 2.75) is 13.0 Å². The minimum Gasteiger partial charge on any atom is -0.497 e. The number of methoxy groups -OCH3 is 2. The van der Waals surface area contributed by atoms with Crippen LogP contribution in [0.1, 0.15) is 13.0 Å². The highest BCUT2D eigenvalue weighted by atomic mass is 16.5. The maximum absolute atomic E-state index is 13.4. The van der Waals surface area contributed by atoms with Crippen LogP contribution < -0.4 is 14.8 Å². The van der Waals surface area contributed by atoms with Gasteiger partial charge in [0.2, 0.25) is 5.91 Å². The number of hydrogen-bond donors (Lipinski definition) is 1. The van der Waals surface area contributed by atoms with E-state index in [0.29, 0.717) is 22.8 Å². The van der Waals surface area contributed by atoms with Gasteiger partial charge in [-0.1, -0.05) is 30.3 Å². The van der Waals surface area contributed by atoms with Gasteiger partial charge in [-0.05, 0) is 37.3 Å². The van der Waals surface area contributed by atoms with Gasteiger partial charge in [0.1, 0.15) is 23.1 Å². The monoisotopic (exact) mass is 426 g/mol. The quantitative estimate of drug-likeness (QED) is 0.430. The molecule has 0 aliphatic carbocycles. The summed E-state index contributed by atoms with van der Waals surface area (Å²) in [6, 6.07) is 20.4. The number of rotatable bonds is 5. The Bertz CT molecular complexity index is 1470. The average molecular weight is 426 g/mol. The zero-order chi connectivity index (χ0) is 22.2. The summed E-state index contributed by atoms with van der Waals surface area (Å²) in [7, 11) is 3.14. The van der Waals surface area contributed by atoms with Crippen LogP contribution in [0.25, 0.3) is 33.1 Å². The van der Waals surface area contributed by atoms with Gasteiger partial charge in [-0.2, -0.15) is 0 Å². The Balaban J connectivity index is 1.63. The number of carbonyl (C=O) groups excluding carboxylic acids is 1. The standard InChI is InChI=1S/C25H22N4O3/c1-15(25(30)28-20-14-16(31-2)12-13-22(20)32-3)29-21-11-7-4-8-17(21)23-24(29)27-19-10-6-5-9-18(19)26-23/h4-15H,1-3H3,(H,28,30). The molecule has 3 aromatic carbocycles. The van der Waals surface area contributed by atoms with Crippen LogP contribution >= 0.6 is 0 Å². The molecule has 160 valence electrons. The number of anilines is 1. The molecule has 2 aromatic heterocycles. The third-order valence-corrected chi connectivity index (χ3v) is 5.63. The van der Waals surface area contributed by atoms with Gasteiger partial charge >= 0.3 is 0 Å². The third-order valence-electron chi connectivity index (χ3n) is 5.63. The molecule has 0 saturated heterocycles. The molecule has 5 aromatic rings. The lowest BCUT2D eigenvalue weighted by Crippen LogP contribution is -2.24. The predicted molar refractivity (Wildman–Crippen MR) is 125 cm³/mol. The molecular formula is C25H22N4O3.